The van der Waals surface area contributed by atoms with Crippen molar-refractivity contribution in [3.05, 3.63) is 35.9 Å². The van der Waals surface area contributed by atoms with Crippen molar-refractivity contribution in [2.75, 3.05) is 0 Å². The second kappa shape index (κ2) is 6.22. The summed E-state index contributed by atoms with van der Waals surface area (Å²) in [7, 11) is 1.94. The molecule has 1 N–H and O–H groups in total. The highest BCUT2D eigenvalue weighted by atomic mass is 15.3. The molecule has 0 saturated heterocycles. The van der Waals surface area contributed by atoms with E-state index >= 15 is 0 Å². The van der Waals surface area contributed by atoms with Crippen LogP contribution in [-0.4, -0.2) is 19.6 Å². The van der Waals surface area contributed by atoms with Crippen molar-refractivity contribution < 1.29 is 0 Å². The quantitative estimate of drug-likeness (QED) is 0.910. The van der Waals surface area contributed by atoms with Gasteiger partial charge in [0.25, 0.3) is 0 Å². The summed E-state index contributed by atoms with van der Waals surface area (Å²) in [6, 6.07) is 2.75. The maximum absolute atomic E-state index is 4.70. The van der Waals surface area contributed by atoms with Crippen LogP contribution in [0.2, 0.25) is 0 Å². The van der Waals surface area contributed by atoms with E-state index in [0.717, 1.165) is 18.8 Å². The van der Waals surface area contributed by atoms with Crippen LogP contribution in [0.25, 0.3) is 0 Å². The SMILES string of the molecule is Cn1cc(CNCc2ccn(C3CCCCC3)n2)cn1. The van der Waals surface area contributed by atoms with E-state index < -0.39 is 0 Å². The first kappa shape index (κ1) is 13.4. The van der Waals surface area contributed by atoms with E-state index in [9.17, 15) is 0 Å². The number of aryl methyl sites for hydroxylation is 1. The lowest BCUT2D eigenvalue weighted by Gasteiger charge is -2.21. The van der Waals surface area contributed by atoms with Crippen molar-refractivity contribution in [3.63, 3.8) is 0 Å². The number of hydrogen-bond donors (Lipinski definition) is 1. The lowest BCUT2D eigenvalue weighted by molar-refractivity contribution is 0.327. The van der Waals surface area contributed by atoms with Crippen molar-refractivity contribution in [2.45, 2.75) is 51.2 Å². The van der Waals surface area contributed by atoms with Gasteiger partial charge in [0, 0.05) is 38.1 Å². The Labute approximate surface area is 120 Å². The van der Waals surface area contributed by atoms with Gasteiger partial charge in [-0.1, -0.05) is 19.3 Å². The fraction of sp³-hybridized carbons (Fsp3) is 0.600. The van der Waals surface area contributed by atoms with Crippen LogP contribution in [0.3, 0.4) is 0 Å². The van der Waals surface area contributed by atoms with Gasteiger partial charge in [0.2, 0.25) is 0 Å². The molecule has 2 aromatic heterocycles. The zero-order valence-electron chi connectivity index (χ0n) is 12.1. The Bertz CT molecular complexity index is 536. The number of aromatic nitrogens is 4. The highest BCUT2D eigenvalue weighted by Crippen LogP contribution is 2.27. The van der Waals surface area contributed by atoms with Gasteiger partial charge in [-0.15, -0.1) is 0 Å². The maximum Gasteiger partial charge on any atom is 0.0762 e. The van der Waals surface area contributed by atoms with Gasteiger partial charge in [-0.05, 0) is 18.9 Å². The highest BCUT2D eigenvalue weighted by molar-refractivity contribution is 5.04. The van der Waals surface area contributed by atoms with Crippen molar-refractivity contribution >= 4 is 0 Å². The molecule has 3 rings (SSSR count). The van der Waals surface area contributed by atoms with Crippen LogP contribution >= 0.6 is 0 Å². The molecular formula is C15H23N5. The largest absolute Gasteiger partial charge is 0.307 e. The van der Waals surface area contributed by atoms with Gasteiger partial charge in [0.05, 0.1) is 17.9 Å². The third-order valence-electron chi connectivity index (χ3n) is 4.01. The van der Waals surface area contributed by atoms with Gasteiger partial charge in [-0.3, -0.25) is 9.36 Å². The second-order valence-corrected chi connectivity index (χ2v) is 5.70. The van der Waals surface area contributed by atoms with Crippen LogP contribution < -0.4 is 5.32 Å². The van der Waals surface area contributed by atoms with Crippen LogP contribution in [0, 0.1) is 0 Å². The Kier molecular flexibility index (Phi) is 4.16. The summed E-state index contributed by atoms with van der Waals surface area (Å²) in [6.07, 6.45) is 12.7. The third-order valence-corrected chi connectivity index (χ3v) is 4.01. The summed E-state index contributed by atoms with van der Waals surface area (Å²) < 4.78 is 4.00. The molecule has 20 heavy (non-hydrogen) atoms. The fourth-order valence-corrected chi connectivity index (χ4v) is 2.92. The first-order valence-corrected chi connectivity index (χ1v) is 7.53. The zero-order valence-corrected chi connectivity index (χ0v) is 12.1. The minimum absolute atomic E-state index is 0.621. The molecule has 1 aliphatic rings. The van der Waals surface area contributed by atoms with Crippen LogP contribution in [-0.2, 0) is 20.1 Å². The normalized spacial score (nSPS) is 16.6. The van der Waals surface area contributed by atoms with Crippen molar-refractivity contribution in [3.8, 4) is 0 Å². The lowest BCUT2D eigenvalue weighted by Crippen LogP contribution is -2.15. The molecule has 1 fully saturated rings. The molecule has 0 aliphatic heterocycles. The first-order chi connectivity index (χ1) is 9.81. The van der Waals surface area contributed by atoms with Crippen LogP contribution in [0.5, 0.6) is 0 Å². The summed E-state index contributed by atoms with van der Waals surface area (Å²) in [5.41, 5.74) is 2.33. The topological polar surface area (TPSA) is 47.7 Å². The lowest BCUT2D eigenvalue weighted by atomic mass is 9.96. The Morgan fingerprint density at radius 2 is 2.10 bits per heavy atom. The molecule has 2 aromatic rings. The average Bonchev–Trinajstić information content (AvgIpc) is 3.09. The van der Waals surface area contributed by atoms with E-state index in [2.05, 4.69) is 27.4 Å². The van der Waals surface area contributed by atoms with Crippen molar-refractivity contribution in [1.82, 2.24) is 24.9 Å². The summed E-state index contributed by atoms with van der Waals surface area (Å²) in [5, 5.41) is 12.3. The molecule has 0 unspecified atom stereocenters. The van der Waals surface area contributed by atoms with Gasteiger partial charge in [-0.25, -0.2) is 0 Å². The first-order valence-electron chi connectivity index (χ1n) is 7.53. The molecular weight excluding hydrogens is 250 g/mol. The number of nitrogens with one attached hydrogen (secondary N) is 1. The van der Waals surface area contributed by atoms with Gasteiger partial charge >= 0.3 is 0 Å². The summed E-state index contributed by atoms with van der Waals surface area (Å²) in [4.78, 5) is 0. The van der Waals surface area contributed by atoms with E-state index in [0.29, 0.717) is 6.04 Å². The molecule has 5 nitrogen and oxygen atoms in total. The van der Waals surface area contributed by atoms with Crippen molar-refractivity contribution in [1.29, 1.82) is 0 Å². The molecule has 0 atom stereocenters. The Balaban J connectivity index is 1.49. The van der Waals surface area contributed by atoms with Gasteiger partial charge in [0.15, 0.2) is 0 Å². The van der Waals surface area contributed by atoms with E-state index in [4.69, 9.17) is 5.10 Å². The standard InChI is InChI=1S/C15H23N5/c1-19-12-13(10-17-19)9-16-11-14-7-8-20(18-14)15-5-3-2-4-6-15/h7-8,10,12,15-16H,2-6,9,11H2,1H3. The van der Waals surface area contributed by atoms with Crippen LogP contribution in [0.1, 0.15) is 49.4 Å². The molecule has 1 saturated carbocycles. The van der Waals surface area contributed by atoms with Crippen LogP contribution in [0.15, 0.2) is 24.7 Å². The number of rotatable bonds is 5. The van der Waals surface area contributed by atoms with Crippen molar-refractivity contribution in [2.24, 2.45) is 7.05 Å². The van der Waals surface area contributed by atoms with Gasteiger partial charge in [0.1, 0.15) is 0 Å². The van der Waals surface area contributed by atoms with E-state index in [1.807, 2.05) is 24.1 Å². The summed E-state index contributed by atoms with van der Waals surface area (Å²) >= 11 is 0. The fourth-order valence-electron chi connectivity index (χ4n) is 2.92. The van der Waals surface area contributed by atoms with Crippen LogP contribution in [0.4, 0.5) is 0 Å². The Morgan fingerprint density at radius 3 is 2.85 bits per heavy atom. The molecule has 0 spiro atoms. The minimum Gasteiger partial charge on any atom is -0.307 e. The minimum atomic E-state index is 0.621. The zero-order chi connectivity index (χ0) is 13.8. The molecule has 5 heteroatoms. The smallest absolute Gasteiger partial charge is 0.0762 e. The predicted molar refractivity (Wildman–Crippen MR) is 78.1 cm³/mol. The second-order valence-electron chi connectivity index (χ2n) is 5.70. The number of hydrogen-bond acceptors (Lipinski definition) is 3. The molecule has 0 amide bonds. The monoisotopic (exact) mass is 273 g/mol. The van der Waals surface area contributed by atoms with E-state index in [1.165, 1.54) is 37.7 Å². The molecule has 108 valence electrons. The van der Waals surface area contributed by atoms with Gasteiger partial charge < -0.3 is 5.32 Å². The number of nitrogens with zero attached hydrogens (tertiary/aromatic N) is 4. The average molecular weight is 273 g/mol. The highest BCUT2D eigenvalue weighted by Gasteiger charge is 2.15. The Hall–Kier alpha value is -1.62. The van der Waals surface area contributed by atoms with E-state index in [-0.39, 0.29) is 0 Å². The molecule has 2 heterocycles. The summed E-state index contributed by atoms with van der Waals surface area (Å²) in [6.45, 7) is 1.65. The van der Waals surface area contributed by atoms with E-state index in [1.54, 1.807) is 0 Å². The maximum atomic E-state index is 4.70. The van der Waals surface area contributed by atoms with Gasteiger partial charge in [-0.2, -0.15) is 10.2 Å². The molecule has 0 aromatic carbocycles. The third kappa shape index (κ3) is 3.28. The Morgan fingerprint density at radius 1 is 1.25 bits per heavy atom. The predicted octanol–water partition coefficient (Wildman–Crippen LogP) is 2.41. The molecule has 0 radical (unpaired) electrons. The summed E-state index contributed by atoms with van der Waals surface area (Å²) in [5.74, 6) is 0. The molecule has 1 aliphatic carbocycles. The molecule has 0 bridgehead atoms.